The first-order valence-electron chi connectivity index (χ1n) is 9.51. The van der Waals surface area contributed by atoms with Gasteiger partial charge in [-0.15, -0.1) is 0 Å². The minimum absolute atomic E-state index is 0.109. The van der Waals surface area contributed by atoms with Gasteiger partial charge in [0.25, 0.3) is 11.5 Å². The standard InChI is InChI=1S/C19H24ClN5O5/c1-3-5-9-24(15-16(21)25(8-4-2)19(29)23-17(15)27)14(26)11-30-18(28)12-6-7-22-13(20)10-12/h6-7,10H,3-5,8-9,11,21H2,1-2H3,(H,23,27,29). The third-order valence-corrected chi connectivity index (χ3v) is 4.46. The minimum atomic E-state index is -0.776. The van der Waals surface area contributed by atoms with Gasteiger partial charge in [-0.05, 0) is 25.0 Å². The largest absolute Gasteiger partial charge is 0.452 e. The summed E-state index contributed by atoms with van der Waals surface area (Å²) in [5.41, 5.74) is 4.64. The second-order valence-corrected chi connectivity index (χ2v) is 6.87. The molecule has 0 unspecified atom stereocenters. The van der Waals surface area contributed by atoms with Gasteiger partial charge >= 0.3 is 11.7 Å². The maximum atomic E-state index is 12.8. The van der Waals surface area contributed by atoms with E-state index in [1.165, 1.54) is 22.9 Å². The lowest BCUT2D eigenvalue weighted by Gasteiger charge is -2.24. The van der Waals surface area contributed by atoms with Gasteiger partial charge in [0.2, 0.25) is 0 Å². The lowest BCUT2D eigenvalue weighted by molar-refractivity contribution is -0.121. The SMILES string of the molecule is CCCCN(C(=O)COC(=O)c1ccnc(Cl)c1)c1c(N)n(CCC)c(=O)[nH]c1=O. The third kappa shape index (κ3) is 5.47. The Balaban J connectivity index is 2.30. The molecule has 0 radical (unpaired) electrons. The fourth-order valence-electron chi connectivity index (χ4n) is 2.78. The first-order chi connectivity index (χ1) is 14.3. The van der Waals surface area contributed by atoms with Crippen molar-refractivity contribution >= 4 is 35.0 Å². The van der Waals surface area contributed by atoms with Crippen molar-refractivity contribution in [2.45, 2.75) is 39.7 Å². The minimum Gasteiger partial charge on any atom is -0.452 e. The van der Waals surface area contributed by atoms with Crippen molar-refractivity contribution in [3.63, 3.8) is 0 Å². The Hall–Kier alpha value is -3.14. The lowest BCUT2D eigenvalue weighted by atomic mass is 10.2. The number of aromatic nitrogens is 3. The zero-order chi connectivity index (χ0) is 22.3. The van der Waals surface area contributed by atoms with Crippen LogP contribution in [0.2, 0.25) is 5.15 Å². The van der Waals surface area contributed by atoms with Crippen molar-refractivity contribution in [2.24, 2.45) is 0 Å². The molecule has 11 heteroatoms. The number of amides is 1. The fraction of sp³-hybridized carbons (Fsp3) is 0.421. The van der Waals surface area contributed by atoms with Crippen molar-refractivity contribution < 1.29 is 14.3 Å². The van der Waals surface area contributed by atoms with Gasteiger partial charge in [0.1, 0.15) is 11.0 Å². The third-order valence-electron chi connectivity index (χ3n) is 4.26. The van der Waals surface area contributed by atoms with Crippen LogP contribution in [0.4, 0.5) is 11.5 Å². The summed E-state index contributed by atoms with van der Waals surface area (Å²) >= 11 is 5.75. The summed E-state index contributed by atoms with van der Waals surface area (Å²) in [7, 11) is 0. The van der Waals surface area contributed by atoms with Crippen molar-refractivity contribution in [3.05, 3.63) is 49.9 Å². The molecule has 0 aliphatic heterocycles. The molecule has 0 saturated heterocycles. The molecule has 0 fully saturated rings. The zero-order valence-electron chi connectivity index (χ0n) is 16.8. The summed E-state index contributed by atoms with van der Waals surface area (Å²) in [5.74, 6) is -1.51. The van der Waals surface area contributed by atoms with Gasteiger partial charge < -0.3 is 15.4 Å². The van der Waals surface area contributed by atoms with E-state index >= 15 is 0 Å². The molecule has 3 N–H and O–H groups in total. The number of nitrogens with one attached hydrogen (secondary N) is 1. The molecule has 0 atom stereocenters. The molecule has 0 aliphatic rings. The number of pyridine rings is 1. The average Bonchev–Trinajstić information content (AvgIpc) is 2.71. The quantitative estimate of drug-likeness (QED) is 0.448. The number of carbonyl (C=O) groups excluding carboxylic acids is 2. The molecule has 162 valence electrons. The van der Waals surface area contributed by atoms with E-state index in [2.05, 4.69) is 9.97 Å². The molecule has 2 rings (SSSR count). The molecule has 2 aromatic heterocycles. The lowest BCUT2D eigenvalue weighted by Crippen LogP contribution is -2.43. The van der Waals surface area contributed by atoms with Gasteiger partial charge in [-0.3, -0.25) is 19.1 Å². The normalized spacial score (nSPS) is 10.6. The van der Waals surface area contributed by atoms with E-state index < -0.39 is 29.7 Å². The van der Waals surface area contributed by atoms with Crippen molar-refractivity contribution in [2.75, 3.05) is 23.8 Å². The molecule has 10 nitrogen and oxygen atoms in total. The van der Waals surface area contributed by atoms with Gasteiger partial charge in [-0.2, -0.15) is 0 Å². The Labute approximate surface area is 177 Å². The predicted octanol–water partition coefficient (Wildman–Crippen LogP) is 1.57. The second-order valence-electron chi connectivity index (χ2n) is 6.49. The van der Waals surface area contributed by atoms with E-state index in [-0.39, 0.29) is 35.3 Å². The highest BCUT2D eigenvalue weighted by Gasteiger charge is 2.25. The number of hydrogen-bond donors (Lipinski definition) is 2. The van der Waals surface area contributed by atoms with Crippen LogP contribution in [0, 0.1) is 0 Å². The van der Waals surface area contributed by atoms with Gasteiger partial charge in [-0.1, -0.05) is 31.9 Å². The van der Waals surface area contributed by atoms with E-state index in [0.717, 1.165) is 11.3 Å². The van der Waals surface area contributed by atoms with E-state index in [4.69, 9.17) is 22.1 Å². The number of carbonyl (C=O) groups is 2. The number of nitrogens with two attached hydrogens (primary N) is 1. The Morgan fingerprint density at radius 3 is 2.67 bits per heavy atom. The highest BCUT2D eigenvalue weighted by atomic mass is 35.5. The summed E-state index contributed by atoms with van der Waals surface area (Å²) in [6, 6.07) is 2.71. The van der Waals surface area contributed by atoms with Crippen molar-refractivity contribution in [3.8, 4) is 0 Å². The van der Waals surface area contributed by atoms with Gasteiger partial charge in [0.15, 0.2) is 12.3 Å². The molecule has 2 aromatic rings. The van der Waals surface area contributed by atoms with Crippen LogP contribution in [-0.4, -0.2) is 39.6 Å². The number of rotatable bonds is 9. The number of anilines is 2. The molecule has 0 saturated carbocycles. The number of hydrogen-bond acceptors (Lipinski definition) is 7. The van der Waals surface area contributed by atoms with Crippen LogP contribution in [0.3, 0.4) is 0 Å². The zero-order valence-corrected chi connectivity index (χ0v) is 17.6. The van der Waals surface area contributed by atoms with Crippen molar-refractivity contribution in [1.82, 2.24) is 14.5 Å². The number of nitrogens with zero attached hydrogens (tertiary/aromatic N) is 3. The van der Waals surface area contributed by atoms with Gasteiger partial charge in [0.05, 0.1) is 5.56 Å². The highest BCUT2D eigenvalue weighted by Crippen LogP contribution is 2.18. The van der Waals surface area contributed by atoms with Crippen LogP contribution in [-0.2, 0) is 16.1 Å². The summed E-state index contributed by atoms with van der Waals surface area (Å²) in [4.78, 5) is 56.6. The number of halogens is 1. The molecular formula is C19H24ClN5O5. The number of aromatic amines is 1. The van der Waals surface area contributed by atoms with Crippen molar-refractivity contribution in [1.29, 1.82) is 0 Å². The van der Waals surface area contributed by atoms with Crippen LogP contribution < -0.4 is 21.9 Å². The summed E-state index contributed by atoms with van der Waals surface area (Å²) in [5, 5.41) is 0.109. The summed E-state index contributed by atoms with van der Waals surface area (Å²) < 4.78 is 6.27. The van der Waals surface area contributed by atoms with Crippen LogP contribution in [0.15, 0.2) is 27.9 Å². The summed E-state index contributed by atoms with van der Waals surface area (Å²) in [6.45, 7) is 3.60. The molecule has 0 aliphatic carbocycles. The van der Waals surface area contributed by atoms with Gasteiger partial charge in [-0.25, -0.2) is 14.6 Å². The monoisotopic (exact) mass is 437 g/mol. The Kier molecular flexibility index (Phi) is 8.16. The topological polar surface area (TPSA) is 140 Å². The van der Waals surface area contributed by atoms with Crippen LogP contribution in [0.5, 0.6) is 0 Å². The number of nitrogen functional groups attached to an aromatic ring is 1. The first kappa shape index (κ1) is 23.1. The molecular weight excluding hydrogens is 414 g/mol. The van der Waals surface area contributed by atoms with E-state index in [9.17, 15) is 19.2 Å². The predicted molar refractivity (Wildman–Crippen MR) is 113 cm³/mol. The number of ether oxygens (including phenoxy) is 1. The van der Waals surface area contributed by atoms with Crippen LogP contribution >= 0.6 is 11.6 Å². The average molecular weight is 438 g/mol. The Morgan fingerprint density at radius 2 is 2.03 bits per heavy atom. The Morgan fingerprint density at radius 1 is 1.30 bits per heavy atom. The highest BCUT2D eigenvalue weighted by molar-refractivity contribution is 6.29. The number of H-pyrrole nitrogens is 1. The second kappa shape index (κ2) is 10.6. The van der Waals surface area contributed by atoms with Crippen LogP contribution in [0.1, 0.15) is 43.5 Å². The fourth-order valence-corrected chi connectivity index (χ4v) is 2.95. The first-order valence-corrected chi connectivity index (χ1v) is 9.89. The maximum absolute atomic E-state index is 12.8. The molecule has 0 aromatic carbocycles. The van der Waals surface area contributed by atoms with E-state index in [1.54, 1.807) is 0 Å². The molecule has 1 amide bonds. The molecule has 0 spiro atoms. The number of unbranched alkanes of at least 4 members (excludes halogenated alkanes) is 1. The van der Waals surface area contributed by atoms with Crippen LogP contribution in [0.25, 0.3) is 0 Å². The maximum Gasteiger partial charge on any atom is 0.338 e. The number of esters is 1. The molecule has 30 heavy (non-hydrogen) atoms. The molecule has 2 heterocycles. The molecule has 0 bridgehead atoms. The van der Waals surface area contributed by atoms with E-state index in [0.29, 0.717) is 12.8 Å². The van der Waals surface area contributed by atoms with E-state index in [1.807, 2.05) is 13.8 Å². The van der Waals surface area contributed by atoms with Gasteiger partial charge in [0, 0.05) is 19.3 Å². The smallest absolute Gasteiger partial charge is 0.338 e. The Bertz CT molecular complexity index is 1030. The summed E-state index contributed by atoms with van der Waals surface area (Å²) in [6.07, 6.45) is 3.26.